The molecule has 11 heteroatoms. The Morgan fingerprint density at radius 3 is 1.36 bits per heavy atom. The number of nitrogens with zero attached hydrogens (tertiary/aromatic N) is 2. The number of likely N-dealkylation sites (tertiary alicyclic amines) is 2. The van der Waals surface area contributed by atoms with Gasteiger partial charge in [0.05, 0.1) is 0 Å². The van der Waals surface area contributed by atoms with Gasteiger partial charge in [-0.25, -0.2) is 0 Å². The Bertz CT molecular complexity index is 372. The fraction of sp³-hybridized carbons (Fsp3) is 0.636. The second kappa shape index (κ2) is 12.2. The molecule has 0 spiro atoms. The number of imide groups is 2. The van der Waals surface area contributed by atoms with Crippen molar-refractivity contribution in [3.05, 3.63) is 0 Å². The smallest absolute Gasteiger partial charge is 0.530 e. The molecule has 22 heavy (non-hydrogen) atoms. The molecule has 0 unspecified atom stereocenters. The molecule has 4 amide bonds. The van der Waals surface area contributed by atoms with Gasteiger partial charge in [-0.3, -0.25) is 19.4 Å². The van der Waals surface area contributed by atoms with Crippen molar-refractivity contribution >= 4 is 33.8 Å². The average molecular weight is 382 g/mol. The van der Waals surface area contributed by atoms with Crippen LogP contribution >= 0.6 is 0 Å². The fourth-order valence-corrected chi connectivity index (χ4v) is 1.68. The van der Waals surface area contributed by atoms with Crippen molar-refractivity contribution in [2.45, 2.75) is 32.2 Å². The number of hydrogen-bond acceptors (Lipinski definition) is 7. The van der Waals surface area contributed by atoms with E-state index in [1.54, 1.807) is 0 Å². The Labute approximate surface area is 140 Å². The first-order valence-electron chi connectivity index (χ1n) is 6.48. The van der Waals surface area contributed by atoms with Gasteiger partial charge in [0.15, 0.2) is 9.76 Å². The molecule has 2 fully saturated rings. The van der Waals surface area contributed by atoms with Gasteiger partial charge in [-0.15, -0.1) is 0 Å². The first-order valence-corrected chi connectivity index (χ1v) is 8.53. The molecule has 0 aromatic carbocycles. The van der Waals surface area contributed by atoms with E-state index in [4.69, 9.17) is 4.80 Å². The Hall–Kier alpha value is -1.42. The van der Waals surface area contributed by atoms with Gasteiger partial charge in [0, 0.05) is 25.9 Å². The molecule has 2 aliphatic heterocycles. The van der Waals surface area contributed by atoms with E-state index in [0.717, 1.165) is 9.80 Å². The molecule has 0 bridgehead atoms. The molecule has 1 N–H and O–H groups in total. The van der Waals surface area contributed by atoms with Gasteiger partial charge in [-0.05, 0) is 12.8 Å². The second-order valence-corrected chi connectivity index (χ2v) is 4.78. The van der Waals surface area contributed by atoms with E-state index in [9.17, 15) is 29.4 Å². The van der Waals surface area contributed by atoms with Gasteiger partial charge < -0.3 is 24.6 Å². The van der Waals surface area contributed by atoms with Crippen molar-refractivity contribution in [2.75, 3.05) is 13.1 Å². The van der Waals surface area contributed by atoms with Crippen LogP contribution in [-0.2, 0) is 26.7 Å². The maximum Gasteiger partial charge on any atom is 2.00 e. The molecule has 2 heterocycles. The zero-order chi connectivity index (χ0) is 16.4. The molecule has 0 aliphatic carbocycles. The third-order valence-electron chi connectivity index (χ3n) is 2.59. The molecular formula is C11H18CuN2O7Si. The molecule has 2 aliphatic rings. The summed E-state index contributed by atoms with van der Waals surface area (Å²) < 4.78 is 0. The number of carbonyl (C=O) groups excluding carboxylic acids is 4. The van der Waals surface area contributed by atoms with Gasteiger partial charge in [-0.1, -0.05) is 6.55 Å². The molecule has 2 rings (SSSR count). The maximum absolute atomic E-state index is 10.5. The first kappa shape index (κ1) is 22.9. The summed E-state index contributed by atoms with van der Waals surface area (Å²) in [7, 11) is -0.583. The van der Waals surface area contributed by atoms with Crippen LogP contribution < -0.4 is 10.2 Å². The van der Waals surface area contributed by atoms with Gasteiger partial charge >= 0.3 is 17.1 Å². The topological polar surface area (TPSA) is 141 Å². The third kappa shape index (κ3) is 8.13. The van der Waals surface area contributed by atoms with Crippen LogP contribution in [0.5, 0.6) is 0 Å². The van der Waals surface area contributed by atoms with Crippen LogP contribution in [0.1, 0.15) is 25.7 Å². The maximum atomic E-state index is 10.5. The minimum atomic E-state index is -1.38. The molecule has 0 saturated carbocycles. The predicted molar refractivity (Wildman–Crippen MR) is 69.3 cm³/mol. The van der Waals surface area contributed by atoms with Crippen LogP contribution in [-0.4, -0.2) is 61.4 Å². The minimum absolute atomic E-state index is 0. The van der Waals surface area contributed by atoms with Crippen molar-refractivity contribution in [1.82, 2.24) is 9.80 Å². The summed E-state index contributed by atoms with van der Waals surface area (Å²) in [6.07, 6.45) is -0.809. The van der Waals surface area contributed by atoms with E-state index in [0.29, 0.717) is 38.8 Å². The number of rotatable bonds is 0. The van der Waals surface area contributed by atoms with Crippen molar-refractivity contribution < 1.29 is 51.3 Å². The van der Waals surface area contributed by atoms with Gasteiger partial charge in [-0.2, -0.15) is 0 Å². The fourth-order valence-electron chi connectivity index (χ4n) is 1.68. The van der Waals surface area contributed by atoms with Crippen LogP contribution in [0, 0.1) is 0 Å². The molecule has 0 aromatic rings. The zero-order valence-electron chi connectivity index (χ0n) is 12.0. The number of carbonyl (C=O) groups is 4. The third-order valence-corrected chi connectivity index (χ3v) is 2.59. The minimum Gasteiger partial charge on any atom is -0.530 e. The van der Waals surface area contributed by atoms with E-state index < -0.39 is 21.9 Å². The quantitative estimate of drug-likeness (QED) is 0.441. The van der Waals surface area contributed by atoms with E-state index in [-0.39, 0.29) is 28.9 Å². The largest absolute Gasteiger partial charge is 2.00 e. The molecule has 0 atom stereocenters. The summed E-state index contributed by atoms with van der Waals surface area (Å²) in [6, 6.07) is 0. The molecule has 129 valence electrons. The Morgan fingerprint density at radius 2 is 1.27 bits per heavy atom. The van der Waals surface area contributed by atoms with E-state index >= 15 is 0 Å². The zero-order valence-corrected chi connectivity index (χ0v) is 14.4. The summed E-state index contributed by atoms with van der Waals surface area (Å²) in [5.74, 6) is -0.676. The summed E-state index contributed by atoms with van der Waals surface area (Å²) in [6.45, 7) is 2.43. The SMILES string of the molecule is C[SiH2]O.O=C([O-])N1CCCC1=O.O=C([O-])N1CCCC1=O.[Cu+2]. The monoisotopic (exact) mass is 381 g/mol. The van der Waals surface area contributed by atoms with Gasteiger partial charge in [0.1, 0.15) is 12.2 Å². The van der Waals surface area contributed by atoms with Crippen molar-refractivity contribution in [2.24, 2.45) is 0 Å². The van der Waals surface area contributed by atoms with E-state index in [1.165, 1.54) is 0 Å². The van der Waals surface area contributed by atoms with Crippen LogP contribution in [0.3, 0.4) is 0 Å². The summed E-state index contributed by atoms with van der Waals surface area (Å²) in [4.78, 5) is 50.2. The van der Waals surface area contributed by atoms with E-state index in [2.05, 4.69) is 0 Å². The van der Waals surface area contributed by atoms with Crippen molar-refractivity contribution in [3.8, 4) is 0 Å². The number of carboxylic acid groups (broad SMARTS) is 2. The van der Waals surface area contributed by atoms with Crippen molar-refractivity contribution in [3.63, 3.8) is 0 Å². The average Bonchev–Trinajstić information content (AvgIpc) is 2.99. The van der Waals surface area contributed by atoms with Gasteiger partial charge in [0.2, 0.25) is 11.8 Å². The molecule has 9 nitrogen and oxygen atoms in total. The van der Waals surface area contributed by atoms with Crippen LogP contribution in [0.4, 0.5) is 9.59 Å². The molecular weight excluding hydrogens is 364 g/mol. The number of amides is 4. The first-order chi connectivity index (χ1) is 9.84. The summed E-state index contributed by atoms with van der Waals surface area (Å²) in [5, 5.41) is 20.0. The summed E-state index contributed by atoms with van der Waals surface area (Å²) in [5.41, 5.74) is 0. The van der Waals surface area contributed by atoms with E-state index in [1.807, 2.05) is 6.55 Å². The molecule has 1 radical (unpaired) electrons. The summed E-state index contributed by atoms with van der Waals surface area (Å²) >= 11 is 0. The number of hydrogen-bond donors (Lipinski definition) is 1. The Kier molecular flexibility index (Phi) is 12.6. The Balaban J connectivity index is 0. The normalized spacial score (nSPS) is 16.6. The Morgan fingerprint density at radius 1 is 1.00 bits per heavy atom. The second-order valence-electron chi connectivity index (χ2n) is 4.15. The standard InChI is InChI=1S/2C5H7NO3.CH6OSi.Cu/c2*7-4-2-1-3-6(4)5(8)9;1-3-2;/h2*1-3H2,(H,8,9);2H,3H2,1H3;/q;;;+2/p-2. The molecule has 2 saturated heterocycles. The van der Waals surface area contributed by atoms with Gasteiger partial charge in [0.25, 0.3) is 0 Å². The van der Waals surface area contributed by atoms with Crippen molar-refractivity contribution in [1.29, 1.82) is 0 Å². The van der Waals surface area contributed by atoms with Crippen LogP contribution in [0.25, 0.3) is 0 Å². The van der Waals surface area contributed by atoms with Crippen LogP contribution in [0.15, 0.2) is 0 Å². The molecule has 0 aromatic heterocycles. The van der Waals surface area contributed by atoms with Crippen LogP contribution in [0.2, 0.25) is 6.55 Å². The predicted octanol–water partition coefficient (Wildman–Crippen LogP) is -2.99.